The molecule has 1 aromatic rings. The van der Waals surface area contributed by atoms with Gasteiger partial charge < -0.3 is 10.4 Å². The van der Waals surface area contributed by atoms with Crippen molar-refractivity contribution in [2.45, 2.75) is 19.9 Å². The van der Waals surface area contributed by atoms with Gasteiger partial charge in [-0.3, -0.25) is 4.79 Å². The molecule has 0 aliphatic heterocycles. The number of carbonyl (C=O) groups excluding carboxylic acids is 1. The van der Waals surface area contributed by atoms with Gasteiger partial charge in [0.2, 0.25) is 0 Å². The molecule has 1 aromatic carbocycles. The topological polar surface area (TPSA) is 83.5 Å². The molecule has 1 rings (SSSR count). The normalized spacial score (nSPS) is 12.2. The van der Waals surface area contributed by atoms with E-state index in [-0.39, 0.29) is 18.3 Å². The van der Waals surface area contributed by atoms with Gasteiger partial charge in [-0.15, -0.1) is 0 Å². The Bertz CT molecular complexity index is 683. The molecule has 0 aromatic heterocycles. The first-order valence-electron chi connectivity index (χ1n) is 6.42. The number of carbonyl (C=O) groups is 1. The van der Waals surface area contributed by atoms with Crippen LogP contribution in [0.25, 0.3) is 0 Å². The number of aliphatic hydroxyl groups is 1. The van der Waals surface area contributed by atoms with Crippen molar-refractivity contribution >= 4 is 15.7 Å². The van der Waals surface area contributed by atoms with Gasteiger partial charge in [0, 0.05) is 23.4 Å². The molecule has 114 valence electrons. The van der Waals surface area contributed by atoms with Crippen LogP contribution in [0, 0.1) is 18.8 Å². The molecule has 1 unspecified atom stereocenters. The molecule has 0 heterocycles. The fourth-order valence-electron chi connectivity index (χ4n) is 1.88. The number of sulfone groups is 1. The Labute approximate surface area is 125 Å². The Morgan fingerprint density at radius 1 is 1.43 bits per heavy atom. The van der Waals surface area contributed by atoms with Crippen molar-refractivity contribution in [1.29, 1.82) is 0 Å². The van der Waals surface area contributed by atoms with Crippen LogP contribution in [0.2, 0.25) is 0 Å². The lowest BCUT2D eigenvalue weighted by atomic mass is 10.0. The van der Waals surface area contributed by atoms with Crippen LogP contribution >= 0.6 is 0 Å². The van der Waals surface area contributed by atoms with Crippen molar-refractivity contribution in [1.82, 2.24) is 5.32 Å². The summed E-state index contributed by atoms with van der Waals surface area (Å²) in [6.45, 7) is 3.25. The second-order valence-electron chi connectivity index (χ2n) is 4.96. The predicted octanol–water partition coefficient (Wildman–Crippen LogP) is 0.502. The minimum atomic E-state index is -3.13. The highest BCUT2D eigenvalue weighted by molar-refractivity contribution is 7.90. The van der Waals surface area contributed by atoms with Crippen molar-refractivity contribution in [2.24, 2.45) is 0 Å². The smallest absolute Gasteiger partial charge is 0.251 e. The summed E-state index contributed by atoms with van der Waals surface area (Å²) in [5, 5.41) is 11.3. The van der Waals surface area contributed by atoms with Crippen LogP contribution in [0.4, 0.5) is 0 Å². The number of hydrogen-bond donors (Lipinski definition) is 2. The Balaban J connectivity index is 2.82. The van der Waals surface area contributed by atoms with E-state index in [4.69, 9.17) is 5.11 Å². The summed E-state index contributed by atoms with van der Waals surface area (Å²) in [4.78, 5) is 12.0. The molecule has 0 fully saturated rings. The standard InChI is InChI=1S/C15H19NO4S/c1-11-9-14(7-6-13(11)5-4-8-17)15(18)16-12(2)10-21(3,19)20/h6-7,9,12,17H,8,10H2,1-3H3,(H,16,18). The van der Waals surface area contributed by atoms with Crippen molar-refractivity contribution in [3.05, 3.63) is 34.9 Å². The van der Waals surface area contributed by atoms with Gasteiger partial charge in [-0.1, -0.05) is 11.8 Å². The van der Waals surface area contributed by atoms with E-state index in [1.54, 1.807) is 25.1 Å². The number of aliphatic hydroxyl groups excluding tert-OH is 1. The number of amides is 1. The lowest BCUT2D eigenvalue weighted by Gasteiger charge is -2.13. The molecule has 0 radical (unpaired) electrons. The zero-order valence-electron chi connectivity index (χ0n) is 12.3. The van der Waals surface area contributed by atoms with E-state index >= 15 is 0 Å². The highest BCUT2D eigenvalue weighted by atomic mass is 32.2. The summed E-state index contributed by atoms with van der Waals surface area (Å²) in [5.41, 5.74) is 2.01. The summed E-state index contributed by atoms with van der Waals surface area (Å²) in [7, 11) is -3.13. The molecule has 0 saturated heterocycles. The lowest BCUT2D eigenvalue weighted by Crippen LogP contribution is -2.37. The Hall–Kier alpha value is -1.84. The molecule has 21 heavy (non-hydrogen) atoms. The number of benzene rings is 1. The summed E-state index contributed by atoms with van der Waals surface area (Å²) < 4.78 is 22.3. The van der Waals surface area contributed by atoms with E-state index in [1.807, 2.05) is 6.92 Å². The van der Waals surface area contributed by atoms with Gasteiger partial charge >= 0.3 is 0 Å². The summed E-state index contributed by atoms with van der Waals surface area (Å²) in [6.07, 6.45) is 1.13. The third-order valence-corrected chi connectivity index (χ3v) is 3.83. The third-order valence-electron chi connectivity index (χ3n) is 2.72. The van der Waals surface area contributed by atoms with Crippen LogP contribution in [0.1, 0.15) is 28.4 Å². The fraction of sp³-hybridized carbons (Fsp3) is 0.400. The fourth-order valence-corrected chi connectivity index (χ4v) is 2.87. The molecule has 0 bridgehead atoms. The zero-order chi connectivity index (χ0) is 16.0. The van der Waals surface area contributed by atoms with E-state index in [1.165, 1.54) is 0 Å². The monoisotopic (exact) mass is 309 g/mol. The highest BCUT2D eigenvalue weighted by Crippen LogP contribution is 2.10. The molecular weight excluding hydrogens is 290 g/mol. The number of nitrogens with one attached hydrogen (secondary N) is 1. The van der Waals surface area contributed by atoms with Gasteiger partial charge in [-0.2, -0.15) is 0 Å². The van der Waals surface area contributed by atoms with Crippen LogP contribution in [-0.2, 0) is 9.84 Å². The van der Waals surface area contributed by atoms with E-state index in [2.05, 4.69) is 17.2 Å². The average Bonchev–Trinajstić information content (AvgIpc) is 2.34. The van der Waals surface area contributed by atoms with Gasteiger partial charge in [-0.25, -0.2) is 8.42 Å². The van der Waals surface area contributed by atoms with Gasteiger partial charge in [-0.05, 0) is 37.6 Å². The van der Waals surface area contributed by atoms with Crippen LogP contribution in [0.5, 0.6) is 0 Å². The minimum Gasteiger partial charge on any atom is -0.384 e. The molecule has 5 nitrogen and oxygen atoms in total. The molecule has 6 heteroatoms. The first-order chi connectivity index (χ1) is 9.73. The van der Waals surface area contributed by atoms with Crippen molar-refractivity contribution in [2.75, 3.05) is 18.6 Å². The maximum absolute atomic E-state index is 12.0. The SMILES string of the molecule is Cc1cc(C(=O)NC(C)CS(C)(=O)=O)ccc1C#CCO. The first-order valence-corrected chi connectivity index (χ1v) is 8.48. The summed E-state index contributed by atoms with van der Waals surface area (Å²) in [6, 6.07) is 4.55. The van der Waals surface area contributed by atoms with Crippen LogP contribution in [-0.4, -0.2) is 44.1 Å². The first kappa shape index (κ1) is 17.2. The minimum absolute atomic E-state index is 0.0994. The maximum atomic E-state index is 12.0. The van der Waals surface area contributed by atoms with E-state index < -0.39 is 15.9 Å². The summed E-state index contributed by atoms with van der Waals surface area (Å²) >= 11 is 0. The molecule has 2 N–H and O–H groups in total. The molecule has 0 saturated carbocycles. The molecular formula is C15H19NO4S. The van der Waals surface area contributed by atoms with Gasteiger partial charge in [0.25, 0.3) is 5.91 Å². The Kier molecular flexibility index (Phi) is 5.94. The van der Waals surface area contributed by atoms with Crippen molar-refractivity contribution < 1.29 is 18.3 Å². The molecule has 1 atom stereocenters. The quantitative estimate of drug-likeness (QED) is 0.794. The number of rotatable bonds is 4. The van der Waals surface area contributed by atoms with Crippen LogP contribution in [0.3, 0.4) is 0 Å². The van der Waals surface area contributed by atoms with Gasteiger partial charge in [0.1, 0.15) is 16.4 Å². The second kappa shape index (κ2) is 7.25. The molecule has 0 spiro atoms. The third kappa shape index (κ3) is 5.98. The van der Waals surface area contributed by atoms with Crippen molar-refractivity contribution in [3.63, 3.8) is 0 Å². The maximum Gasteiger partial charge on any atom is 0.251 e. The lowest BCUT2D eigenvalue weighted by molar-refractivity contribution is 0.0943. The van der Waals surface area contributed by atoms with E-state index in [0.29, 0.717) is 5.56 Å². The number of hydrogen-bond acceptors (Lipinski definition) is 4. The van der Waals surface area contributed by atoms with Gasteiger partial charge in [0.15, 0.2) is 0 Å². The molecule has 1 amide bonds. The second-order valence-corrected chi connectivity index (χ2v) is 7.14. The van der Waals surface area contributed by atoms with Gasteiger partial charge in [0.05, 0.1) is 5.75 Å². The number of aryl methyl sites for hydroxylation is 1. The molecule has 0 aliphatic carbocycles. The largest absolute Gasteiger partial charge is 0.384 e. The Morgan fingerprint density at radius 2 is 2.10 bits per heavy atom. The predicted molar refractivity (Wildman–Crippen MR) is 81.8 cm³/mol. The summed E-state index contributed by atoms with van der Waals surface area (Å²) in [5.74, 6) is 4.92. The van der Waals surface area contributed by atoms with E-state index in [0.717, 1.165) is 17.4 Å². The van der Waals surface area contributed by atoms with Crippen LogP contribution in [0.15, 0.2) is 18.2 Å². The van der Waals surface area contributed by atoms with Crippen LogP contribution < -0.4 is 5.32 Å². The highest BCUT2D eigenvalue weighted by Gasteiger charge is 2.14. The average molecular weight is 309 g/mol. The molecule has 0 aliphatic rings. The Morgan fingerprint density at radius 3 is 2.62 bits per heavy atom. The van der Waals surface area contributed by atoms with Crippen molar-refractivity contribution in [3.8, 4) is 11.8 Å². The van der Waals surface area contributed by atoms with E-state index in [9.17, 15) is 13.2 Å². The zero-order valence-corrected chi connectivity index (χ0v) is 13.1.